The number of pyridine rings is 1. The third-order valence-corrected chi connectivity index (χ3v) is 4.28. The summed E-state index contributed by atoms with van der Waals surface area (Å²) in [4.78, 5) is 6.25. The molecule has 0 spiro atoms. The molecular weight excluding hydrogens is 366 g/mol. The Hall–Kier alpha value is -3.04. The standard InChI is InChI=1S/C17H15F4N5O/c1-22-15-14-13(25-8-10(18)9-25)6-7-23-16(14)26(24-15)11-2-4-12(5-3-11)27-17(19,20)21/h2-7,10H,8-9H2,1H3,(H,22,24). The van der Waals surface area contributed by atoms with Crippen molar-refractivity contribution < 1.29 is 22.3 Å². The van der Waals surface area contributed by atoms with Crippen molar-refractivity contribution >= 4 is 22.5 Å². The predicted molar refractivity (Wildman–Crippen MR) is 92.2 cm³/mol. The van der Waals surface area contributed by atoms with E-state index in [1.165, 1.54) is 28.9 Å². The van der Waals surface area contributed by atoms with Gasteiger partial charge in [0.2, 0.25) is 0 Å². The SMILES string of the molecule is CNc1nn(-c2ccc(OC(F)(F)F)cc2)c2nccc(N3CC(F)C3)c12. The second-order valence-corrected chi connectivity index (χ2v) is 6.08. The fraction of sp³-hybridized carbons (Fsp3) is 0.294. The van der Waals surface area contributed by atoms with E-state index in [1.54, 1.807) is 19.3 Å². The number of benzene rings is 1. The fourth-order valence-electron chi connectivity index (χ4n) is 3.06. The van der Waals surface area contributed by atoms with Gasteiger partial charge in [0.25, 0.3) is 0 Å². The molecule has 0 bridgehead atoms. The van der Waals surface area contributed by atoms with E-state index >= 15 is 0 Å². The second kappa shape index (κ2) is 6.29. The van der Waals surface area contributed by atoms with Crippen molar-refractivity contribution in [3.63, 3.8) is 0 Å². The van der Waals surface area contributed by atoms with E-state index in [4.69, 9.17) is 0 Å². The molecule has 0 unspecified atom stereocenters. The molecule has 0 saturated carbocycles. The third kappa shape index (κ3) is 3.22. The molecule has 6 nitrogen and oxygen atoms in total. The number of aromatic nitrogens is 3. The van der Waals surface area contributed by atoms with Gasteiger partial charge in [-0.15, -0.1) is 18.3 Å². The van der Waals surface area contributed by atoms with E-state index in [2.05, 4.69) is 20.1 Å². The number of alkyl halides is 4. The molecule has 0 aliphatic carbocycles. The van der Waals surface area contributed by atoms with E-state index in [9.17, 15) is 17.6 Å². The molecule has 2 aromatic heterocycles. The lowest BCUT2D eigenvalue weighted by Crippen LogP contribution is -2.48. The molecule has 3 aromatic rings. The Morgan fingerprint density at radius 2 is 1.85 bits per heavy atom. The summed E-state index contributed by atoms with van der Waals surface area (Å²) in [5, 5.41) is 8.18. The molecule has 3 heterocycles. The number of hydrogen-bond acceptors (Lipinski definition) is 5. The lowest BCUT2D eigenvalue weighted by atomic mass is 10.1. The molecule has 1 fully saturated rings. The second-order valence-electron chi connectivity index (χ2n) is 6.08. The van der Waals surface area contributed by atoms with E-state index in [-0.39, 0.29) is 5.75 Å². The van der Waals surface area contributed by atoms with Crippen LogP contribution < -0.4 is 15.0 Å². The smallest absolute Gasteiger partial charge is 0.406 e. The van der Waals surface area contributed by atoms with Crippen molar-refractivity contribution in [3.05, 3.63) is 36.5 Å². The van der Waals surface area contributed by atoms with Gasteiger partial charge in [0, 0.05) is 13.2 Å². The van der Waals surface area contributed by atoms with Crippen LogP contribution in [0.2, 0.25) is 0 Å². The quantitative estimate of drug-likeness (QED) is 0.701. The van der Waals surface area contributed by atoms with Crippen LogP contribution in [0.15, 0.2) is 36.5 Å². The Balaban J connectivity index is 1.75. The van der Waals surface area contributed by atoms with Crippen LogP contribution in [0.3, 0.4) is 0 Å². The van der Waals surface area contributed by atoms with Gasteiger partial charge < -0.3 is 15.0 Å². The number of nitrogens with zero attached hydrogens (tertiary/aromatic N) is 4. The molecule has 1 aromatic carbocycles. The lowest BCUT2D eigenvalue weighted by molar-refractivity contribution is -0.274. The van der Waals surface area contributed by atoms with Crippen molar-refractivity contribution in [2.45, 2.75) is 12.5 Å². The van der Waals surface area contributed by atoms with Gasteiger partial charge in [0.15, 0.2) is 11.5 Å². The molecule has 0 amide bonds. The maximum atomic E-state index is 13.3. The maximum Gasteiger partial charge on any atom is 0.573 e. The summed E-state index contributed by atoms with van der Waals surface area (Å²) >= 11 is 0. The van der Waals surface area contributed by atoms with Gasteiger partial charge >= 0.3 is 6.36 Å². The summed E-state index contributed by atoms with van der Waals surface area (Å²) in [6, 6.07) is 7.14. The number of ether oxygens (including phenoxy) is 1. The van der Waals surface area contributed by atoms with E-state index in [0.717, 1.165) is 11.1 Å². The molecule has 1 N–H and O–H groups in total. The van der Waals surface area contributed by atoms with Gasteiger partial charge in [-0.1, -0.05) is 0 Å². The first-order chi connectivity index (χ1) is 12.9. The monoisotopic (exact) mass is 381 g/mol. The highest BCUT2D eigenvalue weighted by Crippen LogP contribution is 2.35. The van der Waals surface area contributed by atoms with Crippen LogP contribution in [0, 0.1) is 0 Å². The van der Waals surface area contributed by atoms with E-state index in [1.807, 2.05) is 4.90 Å². The molecular formula is C17H15F4N5O. The molecule has 1 aliphatic rings. The van der Waals surface area contributed by atoms with Crippen LogP contribution in [-0.2, 0) is 0 Å². The van der Waals surface area contributed by atoms with Crippen LogP contribution in [0.4, 0.5) is 29.1 Å². The van der Waals surface area contributed by atoms with Gasteiger partial charge in [0.05, 0.1) is 29.9 Å². The number of nitrogens with one attached hydrogen (secondary N) is 1. The largest absolute Gasteiger partial charge is 0.573 e. The summed E-state index contributed by atoms with van der Waals surface area (Å²) < 4.78 is 55.6. The highest BCUT2D eigenvalue weighted by Gasteiger charge is 2.31. The van der Waals surface area contributed by atoms with Crippen LogP contribution in [-0.4, -0.2) is 47.4 Å². The molecule has 142 valence electrons. The van der Waals surface area contributed by atoms with Gasteiger partial charge in [0.1, 0.15) is 11.9 Å². The summed E-state index contributed by atoms with van der Waals surface area (Å²) in [6.45, 7) is 0.605. The zero-order chi connectivity index (χ0) is 19.2. The highest BCUT2D eigenvalue weighted by atomic mass is 19.4. The zero-order valence-electron chi connectivity index (χ0n) is 14.2. The molecule has 0 atom stereocenters. The van der Waals surface area contributed by atoms with Gasteiger partial charge in [-0.25, -0.2) is 14.1 Å². The predicted octanol–water partition coefficient (Wildman–Crippen LogP) is 3.52. The minimum Gasteiger partial charge on any atom is -0.406 e. The van der Waals surface area contributed by atoms with Crippen molar-refractivity contribution in [1.82, 2.24) is 14.8 Å². The average Bonchev–Trinajstić information content (AvgIpc) is 2.97. The molecule has 0 radical (unpaired) electrons. The van der Waals surface area contributed by atoms with Crippen LogP contribution in [0.1, 0.15) is 0 Å². The minimum absolute atomic E-state index is 0.303. The molecule has 1 aliphatic heterocycles. The Labute approximate surface area is 151 Å². The average molecular weight is 381 g/mol. The summed E-state index contributed by atoms with van der Waals surface area (Å²) in [5.74, 6) is 0.228. The van der Waals surface area contributed by atoms with Gasteiger partial charge in [-0.2, -0.15) is 0 Å². The number of fused-ring (bicyclic) bond motifs is 1. The lowest BCUT2D eigenvalue weighted by Gasteiger charge is -2.36. The Bertz CT molecular complexity index is 964. The summed E-state index contributed by atoms with van der Waals surface area (Å²) in [7, 11) is 1.71. The first-order valence-corrected chi connectivity index (χ1v) is 8.16. The number of rotatable bonds is 4. The Morgan fingerprint density at radius 1 is 1.15 bits per heavy atom. The number of halogens is 4. The number of hydrogen-bond donors (Lipinski definition) is 1. The maximum absolute atomic E-state index is 13.3. The van der Waals surface area contributed by atoms with Crippen molar-refractivity contribution in [1.29, 1.82) is 0 Å². The van der Waals surface area contributed by atoms with Crippen LogP contribution >= 0.6 is 0 Å². The van der Waals surface area contributed by atoms with Gasteiger partial charge in [-0.05, 0) is 30.3 Å². The van der Waals surface area contributed by atoms with Crippen molar-refractivity contribution in [2.24, 2.45) is 0 Å². The fourth-order valence-corrected chi connectivity index (χ4v) is 3.06. The normalized spacial score (nSPS) is 15.1. The summed E-state index contributed by atoms with van der Waals surface area (Å²) in [6.07, 6.45) is -4.01. The number of anilines is 2. The Morgan fingerprint density at radius 3 is 2.44 bits per heavy atom. The molecule has 1 saturated heterocycles. The first kappa shape index (κ1) is 17.4. The van der Waals surface area contributed by atoms with E-state index in [0.29, 0.717) is 30.2 Å². The third-order valence-electron chi connectivity index (χ3n) is 4.28. The highest BCUT2D eigenvalue weighted by molar-refractivity contribution is 5.99. The van der Waals surface area contributed by atoms with Crippen molar-refractivity contribution in [2.75, 3.05) is 30.4 Å². The van der Waals surface area contributed by atoms with Crippen LogP contribution in [0.25, 0.3) is 16.7 Å². The topological polar surface area (TPSA) is 55.2 Å². The van der Waals surface area contributed by atoms with E-state index < -0.39 is 12.5 Å². The van der Waals surface area contributed by atoms with Gasteiger partial charge in [-0.3, -0.25) is 0 Å². The van der Waals surface area contributed by atoms with Crippen molar-refractivity contribution in [3.8, 4) is 11.4 Å². The first-order valence-electron chi connectivity index (χ1n) is 8.16. The zero-order valence-corrected chi connectivity index (χ0v) is 14.2. The van der Waals surface area contributed by atoms with Crippen LogP contribution in [0.5, 0.6) is 5.75 Å². The minimum atomic E-state index is -4.75. The molecule has 27 heavy (non-hydrogen) atoms. The molecule has 4 rings (SSSR count). The Kier molecular flexibility index (Phi) is 4.05. The molecule has 10 heteroatoms. The summed E-state index contributed by atoms with van der Waals surface area (Å²) in [5.41, 5.74) is 1.85.